The zero-order valence-corrected chi connectivity index (χ0v) is 18.6. The first-order valence-electron chi connectivity index (χ1n) is 10.9. The Morgan fingerprint density at radius 2 is 1.82 bits per heavy atom. The van der Waals surface area contributed by atoms with Crippen molar-refractivity contribution in [2.45, 2.75) is 38.2 Å². The molecule has 0 aliphatic carbocycles. The molecule has 4 aromatic rings. The topological polar surface area (TPSA) is 91.9 Å². The van der Waals surface area contributed by atoms with Crippen molar-refractivity contribution in [1.29, 1.82) is 0 Å². The van der Waals surface area contributed by atoms with Gasteiger partial charge >= 0.3 is 6.61 Å². The van der Waals surface area contributed by atoms with Crippen LogP contribution in [0.4, 0.5) is 8.78 Å². The highest BCUT2D eigenvalue weighted by Crippen LogP contribution is 2.37. The Balaban J connectivity index is 1.63. The summed E-state index contributed by atoms with van der Waals surface area (Å²) in [5.41, 5.74) is 3.35. The highest BCUT2D eigenvalue weighted by Gasteiger charge is 2.34. The van der Waals surface area contributed by atoms with E-state index in [1.165, 1.54) is 6.07 Å². The molecule has 0 amide bonds. The Kier molecular flexibility index (Phi) is 5.55. The zero-order valence-electron chi connectivity index (χ0n) is 18.6. The number of nitrogens with one attached hydrogen (secondary N) is 1. The van der Waals surface area contributed by atoms with Crippen molar-refractivity contribution in [1.82, 2.24) is 19.9 Å². The van der Waals surface area contributed by atoms with Gasteiger partial charge in [0, 0.05) is 17.7 Å². The number of aromatic nitrogens is 3. The predicted octanol–water partition coefficient (Wildman–Crippen LogP) is 3.95. The number of imidazole rings is 1. The van der Waals surface area contributed by atoms with E-state index in [2.05, 4.69) is 10.3 Å². The highest BCUT2D eigenvalue weighted by atomic mass is 19.3. The van der Waals surface area contributed by atoms with Crippen LogP contribution >= 0.6 is 0 Å². The summed E-state index contributed by atoms with van der Waals surface area (Å²) >= 11 is 0. The van der Waals surface area contributed by atoms with Gasteiger partial charge in [-0.15, -0.1) is 0 Å². The van der Waals surface area contributed by atoms with Gasteiger partial charge in [-0.1, -0.05) is 42.5 Å². The second-order valence-corrected chi connectivity index (χ2v) is 8.78. The van der Waals surface area contributed by atoms with Gasteiger partial charge in [-0.2, -0.15) is 13.9 Å². The van der Waals surface area contributed by atoms with E-state index in [1.54, 1.807) is 42.6 Å². The first-order valence-corrected chi connectivity index (χ1v) is 10.9. The van der Waals surface area contributed by atoms with Crippen LogP contribution in [0.25, 0.3) is 16.9 Å². The molecular formula is C25H24F2N4O3. The molecule has 0 bridgehead atoms. The van der Waals surface area contributed by atoms with Crippen molar-refractivity contribution in [2.75, 3.05) is 6.54 Å². The van der Waals surface area contributed by atoms with Gasteiger partial charge in [0.2, 0.25) is 0 Å². The number of aliphatic hydroxyl groups is 2. The number of aliphatic hydroxyl groups excluding tert-OH is 1. The third kappa shape index (κ3) is 4.02. The quantitative estimate of drug-likeness (QED) is 0.413. The Morgan fingerprint density at radius 1 is 1.09 bits per heavy atom. The smallest absolute Gasteiger partial charge is 0.387 e. The van der Waals surface area contributed by atoms with E-state index in [1.807, 2.05) is 30.3 Å². The minimum absolute atomic E-state index is 0.0469. The minimum Gasteiger partial charge on any atom is -0.434 e. The van der Waals surface area contributed by atoms with Crippen LogP contribution in [0.2, 0.25) is 0 Å². The normalized spacial score (nSPS) is 18.3. The average molecular weight is 466 g/mol. The van der Waals surface area contributed by atoms with Crippen LogP contribution in [0.15, 0.2) is 60.7 Å². The van der Waals surface area contributed by atoms with Gasteiger partial charge in [0.15, 0.2) is 5.65 Å². The molecule has 7 nitrogen and oxygen atoms in total. The summed E-state index contributed by atoms with van der Waals surface area (Å²) in [5.74, 6) is 0.0469. The van der Waals surface area contributed by atoms with Crippen molar-refractivity contribution in [2.24, 2.45) is 0 Å². The van der Waals surface area contributed by atoms with Crippen molar-refractivity contribution in [3.63, 3.8) is 0 Å². The molecule has 0 fully saturated rings. The number of nitrogens with zero attached hydrogens (tertiary/aromatic N) is 3. The van der Waals surface area contributed by atoms with Crippen molar-refractivity contribution in [3.8, 4) is 17.0 Å². The van der Waals surface area contributed by atoms with Gasteiger partial charge in [0.1, 0.15) is 11.9 Å². The van der Waals surface area contributed by atoms with E-state index in [9.17, 15) is 19.0 Å². The number of ether oxygens (including phenoxy) is 1. The fraction of sp³-hybridized carbons (Fsp3) is 0.280. The Labute approximate surface area is 194 Å². The molecule has 2 aromatic heterocycles. The largest absolute Gasteiger partial charge is 0.434 e. The predicted molar refractivity (Wildman–Crippen MR) is 122 cm³/mol. The Hall–Kier alpha value is -3.40. The lowest BCUT2D eigenvalue weighted by Crippen LogP contribution is -2.35. The first kappa shape index (κ1) is 22.4. The Bertz CT molecular complexity index is 1330. The molecular weight excluding hydrogens is 442 g/mol. The van der Waals surface area contributed by atoms with E-state index < -0.39 is 24.4 Å². The van der Waals surface area contributed by atoms with Crippen molar-refractivity contribution < 1.29 is 23.7 Å². The number of para-hydroxylation sites is 1. The Morgan fingerprint density at radius 3 is 2.53 bits per heavy atom. The van der Waals surface area contributed by atoms with Gasteiger partial charge in [-0.3, -0.25) is 0 Å². The molecule has 0 saturated heterocycles. The summed E-state index contributed by atoms with van der Waals surface area (Å²) in [5, 5.41) is 28.8. The van der Waals surface area contributed by atoms with Gasteiger partial charge in [0.05, 0.1) is 28.7 Å². The third-order valence-corrected chi connectivity index (χ3v) is 5.98. The van der Waals surface area contributed by atoms with E-state index in [0.717, 1.165) is 11.1 Å². The minimum atomic E-state index is -2.96. The van der Waals surface area contributed by atoms with E-state index in [0.29, 0.717) is 28.3 Å². The van der Waals surface area contributed by atoms with Gasteiger partial charge in [-0.25, -0.2) is 9.50 Å². The van der Waals surface area contributed by atoms with E-state index in [4.69, 9.17) is 9.84 Å². The fourth-order valence-corrected chi connectivity index (χ4v) is 4.29. The maximum Gasteiger partial charge on any atom is 0.387 e. The maximum absolute atomic E-state index is 13.0. The highest BCUT2D eigenvalue weighted by molar-refractivity contribution is 5.62. The van der Waals surface area contributed by atoms with Crippen molar-refractivity contribution >= 4 is 5.65 Å². The lowest BCUT2D eigenvalue weighted by Gasteiger charge is -2.28. The number of benzene rings is 2. The number of hydrogen-bond acceptors (Lipinski definition) is 6. The van der Waals surface area contributed by atoms with Crippen LogP contribution in [0.1, 0.15) is 48.5 Å². The standard InChI is InChI=1S/C25H24F2N4O3/c1-25(2,33)15-9-7-14(8-10-15)17-11-12-20-29-22-18(32)13-28-21(23(22)31(20)30-17)16-5-3-4-6-19(16)34-24(26)27/h3-12,18,21,24,28,32-33H,13H2,1-2H3/t18-,21-/m1/s1. The molecule has 0 spiro atoms. The molecule has 3 N–H and O–H groups in total. The zero-order chi connectivity index (χ0) is 24.0. The van der Waals surface area contributed by atoms with Crippen LogP contribution in [-0.4, -0.2) is 38.0 Å². The molecule has 5 rings (SSSR count). The summed E-state index contributed by atoms with van der Waals surface area (Å²) in [7, 11) is 0. The molecule has 0 saturated carbocycles. The van der Waals surface area contributed by atoms with Crippen LogP contribution in [-0.2, 0) is 5.60 Å². The second-order valence-electron chi connectivity index (χ2n) is 8.78. The SMILES string of the molecule is CC(C)(O)c1ccc(-c2ccc3nc4c(n3n2)[C@@H](c2ccccc2OC(F)F)NC[C@H]4O)cc1. The van der Waals surface area contributed by atoms with Gasteiger partial charge < -0.3 is 20.3 Å². The summed E-state index contributed by atoms with van der Waals surface area (Å²) in [4.78, 5) is 4.57. The molecule has 1 aliphatic rings. The summed E-state index contributed by atoms with van der Waals surface area (Å²) in [6.45, 7) is 0.681. The van der Waals surface area contributed by atoms with E-state index >= 15 is 0 Å². The van der Waals surface area contributed by atoms with Crippen LogP contribution < -0.4 is 10.1 Å². The average Bonchev–Trinajstić information content (AvgIpc) is 3.19. The molecule has 1 aliphatic heterocycles. The number of rotatable bonds is 5. The van der Waals surface area contributed by atoms with E-state index in [-0.39, 0.29) is 12.3 Å². The summed E-state index contributed by atoms with van der Waals surface area (Å²) < 4.78 is 32.5. The van der Waals surface area contributed by atoms with Crippen LogP contribution in [0.5, 0.6) is 5.75 Å². The number of β-amino-alcohol motifs (C(OH)–C–C–N with tert-alkyl or cyclic N) is 1. The number of halogens is 2. The van der Waals surface area contributed by atoms with Crippen molar-refractivity contribution in [3.05, 3.63) is 83.2 Å². The molecule has 0 radical (unpaired) electrons. The molecule has 3 heterocycles. The number of fused-ring (bicyclic) bond motifs is 3. The molecule has 9 heteroatoms. The lowest BCUT2D eigenvalue weighted by molar-refractivity contribution is -0.0507. The van der Waals surface area contributed by atoms with Crippen LogP contribution in [0.3, 0.4) is 0 Å². The molecule has 176 valence electrons. The summed E-state index contributed by atoms with van der Waals surface area (Å²) in [6.07, 6.45) is -0.870. The third-order valence-electron chi connectivity index (χ3n) is 5.98. The van der Waals surface area contributed by atoms with Gasteiger partial charge in [0.25, 0.3) is 0 Å². The fourth-order valence-electron chi connectivity index (χ4n) is 4.29. The molecule has 2 aromatic carbocycles. The first-order chi connectivity index (χ1) is 16.2. The number of hydrogen-bond donors (Lipinski definition) is 3. The van der Waals surface area contributed by atoms with Crippen LogP contribution in [0, 0.1) is 0 Å². The molecule has 34 heavy (non-hydrogen) atoms. The molecule has 0 unspecified atom stereocenters. The second kappa shape index (κ2) is 8.43. The monoisotopic (exact) mass is 466 g/mol. The lowest BCUT2D eigenvalue weighted by atomic mass is 9.96. The maximum atomic E-state index is 13.0. The molecule has 2 atom stereocenters. The number of alkyl halides is 2. The van der Waals surface area contributed by atoms with Gasteiger partial charge in [-0.05, 0) is 37.6 Å². The summed E-state index contributed by atoms with van der Waals surface area (Å²) in [6, 6.07) is 17.1.